The van der Waals surface area contributed by atoms with Crippen molar-refractivity contribution in [1.82, 2.24) is 5.32 Å². The van der Waals surface area contributed by atoms with Crippen LogP contribution in [0, 0.1) is 17.5 Å². The van der Waals surface area contributed by atoms with Gasteiger partial charge >= 0.3 is 0 Å². The molecule has 0 fully saturated rings. The predicted octanol–water partition coefficient (Wildman–Crippen LogP) is 5.11. The molecule has 0 spiro atoms. The minimum Gasteiger partial charge on any atom is -0.306 e. The first-order valence-electron chi connectivity index (χ1n) is 6.27. The summed E-state index contributed by atoms with van der Waals surface area (Å²) >= 11 is 12.2. The average molecular weight is 334 g/mol. The molecule has 0 aromatic heterocycles. The summed E-state index contributed by atoms with van der Waals surface area (Å²) in [6, 6.07) is 5.14. The van der Waals surface area contributed by atoms with E-state index in [0.29, 0.717) is 24.2 Å². The van der Waals surface area contributed by atoms with E-state index >= 15 is 0 Å². The fourth-order valence-corrected chi connectivity index (χ4v) is 2.78. The monoisotopic (exact) mass is 333 g/mol. The Balaban J connectivity index is 2.65. The van der Waals surface area contributed by atoms with Crippen molar-refractivity contribution in [2.45, 2.75) is 13.0 Å². The molecule has 0 heterocycles. The fourth-order valence-electron chi connectivity index (χ4n) is 2.17. The van der Waals surface area contributed by atoms with Gasteiger partial charge in [-0.1, -0.05) is 36.2 Å². The lowest BCUT2D eigenvalue weighted by molar-refractivity contribution is 0.492. The van der Waals surface area contributed by atoms with E-state index in [-0.39, 0.29) is 15.6 Å². The molecule has 1 atom stereocenters. The third kappa shape index (κ3) is 3.34. The molecule has 0 aliphatic heterocycles. The molecule has 0 bridgehead atoms. The maximum absolute atomic E-state index is 14.0. The molecular weight excluding hydrogens is 322 g/mol. The molecule has 0 aliphatic carbocycles. The first-order valence-corrected chi connectivity index (χ1v) is 7.03. The third-order valence-electron chi connectivity index (χ3n) is 3.03. The highest BCUT2D eigenvalue weighted by Crippen LogP contribution is 2.36. The quantitative estimate of drug-likeness (QED) is 0.819. The third-order valence-corrected chi connectivity index (χ3v) is 3.69. The van der Waals surface area contributed by atoms with Crippen LogP contribution < -0.4 is 5.32 Å². The molecule has 0 saturated heterocycles. The second-order valence-electron chi connectivity index (χ2n) is 4.41. The van der Waals surface area contributed by atoms with Gasteiger partial charge in [0.1, 0.15) is 17.5 Å². The molecule has 112 valence electrons. The molecule has 1 unspecified atom stereocenters. The van der Waals surface area contributed by atoms with Gasteiger partial charge in [-0.2, -0.15) is 0 Å². The minimum atomic E-state index is -0.991. The summed E-state index contributed by atoms with van der Waals surface area (Å²) in [6.45, 7) is 2.19. The molecule has 0 aliphatic rings. The summed E-state index contributed by atoms with van der Waals surface area (Å²) in [4.78, 5) is 0. The van der Waals surface area contributed by atoms with E-state index in [0.717, 1.165) is 0 Å². The number of benzene rings is 2. The molecule has 1 nitrogen and oxygen atoms in total. The highest BCUT2D eigenvalue weighted by atomic mass is 35.5. The molecule has 21 heavy (non-hydrogen) atoms. The summed E-state index contributed by atoms with van der Waals surface area (Å²) in [6.07, 6.45) is 0. The van der Waals surface area contributed by atoms with Crippen LogP contribution in [0.1, 0.15) is 24.1 Å². The van der Waals surface area contributed by atoms with E-state index < -0.39 is 23.5 Å². The number of hydrogen-bond acceptors (Lipinski definition) is 1. The summed E-state index contributed by atoms with van der Waals surface area (Å²) < 4.78 is 41.1. The predicted molar refractivity (Wildman–Crippen MR) is 78.3 cm³/mol. The van der Waals surface area contributed by atoms with Gasteiger partial charge in [-0.3, -0.25) is 0 Å². The van der Waals surface area contributed by atoms with Crippen molar-refractivity contribution in [3.05, 3.63) is 69.0 Å². The van der Waals surface area contributed by atoms with Crippen molar-refractivity contribution in [2.24, 2.45) is 0 Å². The first-order chi connectivity index (χ1) is 9.95. The summed E-state index contributed by atoms with van der Waals surface area (Å²) in [5.74, 6) is -2.96. The van der Waals surface area contributed by atoms with Crippen LogP contribution in [0.2, 0.25) is 10.0 Å². The van der Waals surface area contributed by atoms with Crippen LogP contribution in [0.15, 0.2) is 30.3 Å². The smallest absolute Gasteiger partial charge is 0.134 e. The SMILES string of the molecule is CCNC(c1c(F)cc(F)cc1F)c1c(Cl)cccc1Cl. The zero-order valence-electron chi connectivity index (χ0n) is 11.1. The Hall–Kier alpha value is -1.23. The van der Waals surface area contributed by atoms with Crippen LogP contribution in [-0.2, 0) is 0 Å². The zero-order valence-corrected chi connectivity index (χ0v) is 12.6. The Morgan fingerprint density at radius 1 is 1.00 bits per heavy atom. The van der Waals surface area contributed by atoms with Gasteiger partial charge in [0, 0.05) is 33.3 Å². The lowest BCUT2D eigenvalue weighted by atomic mass is 9.97. The molecule has 2 aromatic carbocycles. The second kappa shape index (κ2) is 6.69. The summed E-state index contributed by atoms with van der Waals surface area (Å²) in [5, 5.41) is 3.48. The van der Waals surface area contributed by atoms with Crippen molar-refractivity contribution in [2.75, 3.05) is 6.54 Å². The maximum atomic E-state index is 14.0. The van der Waals surface area contributed by atoms with Gasteiger partial charge in [0.2, 0.25) is 0 Å². The molecule has 6 heteroatoms. The minimum absolute atomic E-state index is 0.275. The van der Waals surface area contributed by atoms with Crippen molar-refractivity contribution >= 4 is 23.2 Å². The lowest BCUT2D eigenvalue weighted by Crippen LogP contribution is -2.25. The van der Waals surface area contributed by atoms with Gasteiger partial charge in [-0.05, 0) is 18.7 Å². The van der Waals surface area contributed by atoms with E-state index in [1.165, 1.54) is 0 Å². The number of hydrogen-bond donors (Lipinski definition) is 1. The van der Waals surface area contributed by atoms with Crippen molar-refractivity contribution in [3.8, 4) is 0 Å². The fraction of sp³-hybridized carbons (Fsp3) is 0.200. The maximum Gasteiger partial charge on any atom is 0.134 e. The summed E-state index contributed by atoms with van der Waals surface area (Å²) in [7, 11) is 0. The van der Waals surface area contributed by atoms with Gasteiger partial charge in [0.05, 0.1) is 6.04 Å². The van der Waals surface area contributed by atoms with E-state index in [1.54, 1.807) is 25.1 Å². The van der Waals surface area contributed by atoms with Crippen LogP contribution >= 0.6 is 23.2 Å². The van der Waals surface area contributed by atoms with E-state index in [2.05, 4.69) is 5.32 Å². The van der Waals surface area contributed by atoms with Gasteiger partial charge in [0.15, 0.2) is 0 Å². The molecule has 2 aromatic rings. The van der Waals surface area contributed by atoms with Crippen LogP contribution in [0.4, 0.5) is 13.2 Å². The van der Waals surface area contributed by atoms with Crippen LogP contribution in [-0.4, -0.2) is 6.54 Å². The molecule has 2 rings (SSSR count). The standard InChI is InChI=1S/C15H12Cl2F3N/c1-2-21-15(13-9(16)4-3-5-10(13)17)14-11(19)6-8(18)7-12(14)20/h3-7,15,21H,2H2,1H3. The molecule has 0 amide bonds. The molecule has 0 saturated carbocycles. The zero-order chi connectivity index (χ0) is 15.6. The van der Waals surface area contributed by atoms with Crippen LogP contribution in [0.3, 0.4) is 0 Å². The van der Waals surface area contributed by atoms with Crippen molar-refractivity contribution < 1.29 is 13.2 Å². The van der Waals surface area contributed by atoms with Gasteiger partial charge < -0.3 is 5.32 Å². The second-order valence-corrected chi connectivity index (χ2v) is 5.22. The van der Waals surface area contributed by atoms with Gasteiger partial charge in [-0.15, -0.1) is 0 Å². The summed E-state index contributed by atoms with van der Waals surface area (Å²) in [5.41, 5.74) is 0.0420. The molecule has 0 radical (unpaired) electrons. The normalized spacial score (nSPS) is 12.5. The number of halogens is 5. The Labute approximate surface area is 130 Å². The lowest BCUT2D eigenvalue weighted by Gasteiger charge is -2.22. The van der Waals surface area contributed by atoms with Crippen molar-refractivity contribution in [3.63, 3.8) is 0 Å². The average Bonchev–Trinajstić information content (AvgIpc) is 2.37. The highest BCUT2D eigenvalue weighted by Gasteiger charge is 2.26. The van der Waals surface area contributed by atoms with Crippen LogP contribution in [0.5, 0.6) is 0 Å². The Kier molecular flexibility index (Phi) is 5.14. The topological polar surface area (TPSA) is 12.0 Å². The molecular formula is C15H12Cl2F3N. The Morgan fingerprint density at radius 2 is 1.52 bits per heavy atom. The van der Waals surface area contributed by atoms with Gasteiger partial charge in [0.25, 0.3) is 0 Å². The first kappa shape index (κ1) is 16.1. The van der Waals surface area contributed by atoms with Gasteiger partial charge in [-0.25, -0.2) is 13.2 Å². The van der Waals surface area contributed by atoms with E-state index in [9.17, 15) is 13.2 Å². The van der Waals surface area contributed by atoms with Crippen LogP contribution in [0.25, 0.3) is 0 Å². The Morgan fingerprint density at radius 3 is 2.00 bits per heavy atom. The Bertz CT molecular complexity index is 618. The van der Waals surface area contributed by atoms with E-state index in [1.807, 2.05) is 0 Å². The number of nitrogens with one attached hydrogen (secondary N) is 1. The largest absolute Gasteiger partial charge is 0.306 e. The van der Waals surface area contributed by atoms with Crippen molar-refractivity contribution in [1.29, 1.82) is 0 Å². The molecule has 1 N–H and O–H groups in total. The highest BCUT2D eigenvalue weighted by molar-refractivity contribution is 6.36. The van der Waals surface area contributed by atoms with E-state index in [4.69, 9.17) is 23.2 Å². The number of rotatable bonds is 4.